The van der Waals surface area contributed by atoms with Gasteiger partial charge in [0.15, 0.2) is 0 Å². The first-order valence-corrected chi connectivity index (χ1v) is 11.8. The van der Waals surface area contributed by atoms with Gasteiger partial charge in [-0.05, 0) is 68.5 Å². The number of piperazine rings is 1. The molecule has 2 aromatic carbocycles. The topological polar surface area (TPSA) is 77.9 Å². The highest BCUT2D eigenvalue weighted by Gasteiger charge is 2.41. The third kappa shape index (κ3) is 3.61. The second-order valence-corrected chi connectivity index (χ2v) is 10.4. The molecule has 0 bridgehead atoms. The normalized spacial score (nSPS) is 24.6. The Morgan fingerprint density at radius 2 is 1.70 bits per heavy atom. The summed E-state index contributed by atoms with van der Waals surface area (Å²) in [6.45, 7) is 7.16. The number of carboxylic acid groups (broad SMARTS) is 1. The number of anilines is 1. The van der Waals surface area contributed by atoms with Crippen molar-refractivity contribution < 1.29 is 18.3 Å². The van der Waals surface area contributed by atoms with Crippen molar-refractivity contribution >= 4 is 21.7 Å². The Morgan fingerprint density at radius 3 is 2.33 bits per heavy atom. The standard InChI is InChI=1S/C23H28N2O4S/c1-15-6-4-8-20(10-15)24-13-16(2)25(17(3)14-24)30(28,29)22-9-5-7-18-11-19(23(26)27)12-21(18)22/h4-10,16-17,19H,11-14H2,1-3H3,(H,26,27)/t16-,17+,19?. The van der Waals surface area contributed by atoms with E-state index in [9.17, 15) is 18.3 Å². The molecule has 1 N–H and O–H groups in total. The fourth-order valence-corrected chi connectivity index (χ4v) is 7.05. The molecule has 7 heteroatoms. The minimum absolute atomic E-state index is 0.202. The van der Waals surface area contributed by atoms with Crippen LogP contribution in [-0.4, -0.2) is 49.0 Å². The number of aliphatic carboxylic acids is 1. The van der Waals surface area contributed by atoms with Crippen LogP contribution in [0.15, 0.2) is 47.4 Å². The van der Waals surface area contributed by atoms with Crippen molar-refractivity contribution in [1.29, 1.82) is 0 Å². The van der Waals surface area contributed by atoms with E-state index < -0.39 is 21.9 Å². The summed E-state index contributed by atoms with van der Waals surface area (Å²) in [7, 11) is -3.73. The Bertz CT molecular complexity index is 1070. The van der Waals surface area contributed by atoms with Gasteiger partial charge in [-0.2, -0.15) is 4.31 Å². The zero-order valence-corrected chi connectivity index (χ0v) is 18.4. The third-order valence-corrected chi connectivity index (χ3v) is 8.47. The van der Waals surface area contributed by atoms with Crippen LogP contribution in [0.5, 0.6) is 0 Å². The van der Waals surface area contributed by atoms with Crippen LogP contribution in [0.1, 0.15) is 30.5 Å². The average molecular weight is 429 g/mol. The average Bonchev–Trinajstić information content (AvgIpc) is 3.11. The van der Waals surface area contributed by atoms with E-state index in [0.717, 1.165) is 11.3 Å². The van der Waals surface area contributed by atoms with Crippen LogP contribution in [0.3, 0.4) is 0 Å². The van der Waals surface area contributed by atoms with E-state index >= 15 is 0 Å². The van der Waals surface area contributed by atoms with Crippen molar-refractivity contribution in [3.8, 4) is 0 Å². The minimum atomic E-state index is -3.73. The number of rotatable bonds is 4. The van der Waals surface area contributed by atoms with E-state index in [1.54, 1.807) is 16.4 Å². The van der Waals surface area contributed by atoms with Gasteiger partial charge in [0.2, 0.25) is 10.0 Å². The molecular formula is C23H28N2O4S. The van der Waals surface area contributed by atoms with Crippen LogP contribution in [0.2, 0.25) is 0 Å². The van der Waals surface area contributed by atoms with Crippen LogP contribution < -0.4 is 4.90 Å². The SMILES string of the molecule is Cc1cccc(N2C[C@@H](C)N(S(=O)(=O)c3cccc4c3CC(C(=O)O)C4)[C@@H](C)C2)c1. The largest absolute Gasteiger partial charge is 0.481 e. The zero-order valence-electron chi connectivity index (χ0n) is 17.6. The van der Waals surface area contributed by atoms with Crippen LogP contribution in [0.4, 0.5) is 5.69 Å². The summed E-state index contributed by atoms with van der Waals surface area (Å²) in [6, 6.07) is 13.1. The third-order valence-electron chi connectivity index (χ3n) is 6.26. The van der Waals surface area contributed by atoms with Gasteiger partial charge in [-0.15, -0.1) is 0 Å². The molecule has 3 atom stereocenters. The van der Waals surface area contributed by atoms with Crippen LogP contribution in [0, 0.1) is 12.8 Å². The number of fused-ring (bicyclic) bond motifs is 1. The summed E-state index contributed by atoms with van der Waals surface area (Å²) in [5.74, 6) is -1.42. The summed E-state index contributed by atoms with van der Waals surface area (Å²) in [5, 5.41) is 9.40. The maximum absolute atomic E-state index is 13.7. The van der Waals surface area contributed by atoms with Gasteiger partial charge in [-0.25, -0.2) is 8.42 Å². The highest BCUT2D eigenvalue weighted by Crippen LogP contribution is 2.35. The number of hydrogen-bond donors (Lipinski definition) is 1. The van der Waals surface area contributed by atoms with E-state index in [1.165, 1.54) is 5.56 Å². The molecule has 1 unspecified atom stereocenters. The summed E-state index contributed by atoms with van der Waals surface area (Å²) < 4.78 is 29.0. The maximum atomic E-state index is 13.7. The van der Waals surface area contributed by atoms with Crippen molar-refractivity contribution in [2.75, 3.05) is 18.0 Å². The quantitative estimate of drug-likeness (QED) is 0.810. The molecule has 1 fully saturated rings. The Hall–Kier alpha value is -2.38. The maximum Gasteiger partial charge on any atom is 0.307 e. The van der Waals surface area contributed by atoms with Crippen molar-refractivity contribution in [1.82, 2.24) is 4.31 Å². The van der Waals surface area contributed by atoms with Gasteiger partial charge in [-0.1, -0.05) is 24.3 Å². The highest BCUT2D eigenvalue weighted by atomic mass is 32.2. The lowest BCUT2D eigenvalue weighted by Gasteiger charge is -2.44. The van der Waals surface area contributed by atoms with E-state index in [4.69, 9.17) is 0 Å². The number of carboxylic acids is 1. The molecule has 0 aromatic heterocycles. The van der Waals surface area contributed by atoms with Crippen LogP contribution in [0.25, 0.3) is 0 Å². The van der Waals surface area contributed by atoms with Gasteiger partial charge < -0.3 is 10.0 Å². The first-order valence-electron chi connectivity index (χ1n) is 10.4. The first-order chi connectivity index (χ1) is 14.2. The second-order valence-electron chi connectivity index (χ2n) is 8.61. The van der Waals surface area contributed by atoms with E-state index in [2.05, 4.69) is 30.0 Å². The highest BCUT2D eigenvalue weighted by molar-refractivity contribution is 7.89. The monoisotopic (exact) mass is 428 g/mol. The predicted molar refractivity (Wildman–Crippen MR) is 116 cm³/mol. The smallest absolute Gasteiger partial charge is 0.307 e. The lowest BCUT2D eigenvalue weighted by Crippen LogP contribution is -2.58. The fraction of sp³-hybridized carbons (Fsp3) is 0.435. The lowest BCUT2D eigenvalue weighted by molar-refractivity contribution is -0.141. The number of nitrogens with zero attached hydrogens (tertiary/aromatic N) is 2. The Morgan fingerprint density at radius 1 is 1.03 bits per heavy atom. The van der Waals surface area contributed by atoms with Gasteiger partial charge in [0.25, 0.3) is 0 Å². The molecule has 0 radical (unpaired) electrons. The number of benzene rings is 2. The molecule has 2 aromatic rings. The molecule has 1 saturated heterocycles. The summed E-state index contributed by atoms with van der Waals surface area (Å²) in [4.78, 5) is 14.0. The molecular weight excluding hydrogens is 400 g/mol. The molecule has 6 nitrogen and oxygen atoms in total. The Kier molecular flexibility index (Phi) is 5.36. The number of carbonyl (C=O) groups is 1. The minimum Gasteiger partial charge on any atom is -0.481 e. The summed E-state index contributed by atoms with van der Waals surface area (Å²) in [6.07, 6.45) is 0.659. The van der Waals surface area contributed by atoms with E-state index in [1.807, 2.05) is 26.0 Å². The van der Waals surface area contributed by atoms with Gasteiger partial charge in [0.05, 0.1) is 10.8 Å². The molecule has 1 heterocycles. The van der Waals surface area contributed by atoms with Crippen LogP contribution >= 0.6 is 0 Å². The van der Waals surface area contributed by atoms with Gasteiger partial charge in [0.1, 0.15) is 0 Å². The summed E-state index contributed by atoms with van der Waals surface area (Å²) >= 11 is 0. The number of hydrogen-bond acceptors (Lipinski definition) is 4. The predicted octanol–water partition coefficient (Wildman–Crippen LogP) is 3.08. The van der Waals surface area contributed by atoms with Crippen LogP contribution in [-0.2, 0) is 27.7 Å². The second kappa shape index (κ2) is 7.71. The molecule has 0 amide bonds. The Labute approximate surface area is 178 Å². The molecule has 160 valence electrons. The molecule has 2 aliphatic rings. The summed E-state index contributed by atoms with van der Waals surface area (Å²) in [5.41, 5.74) is 3.79. The van der Waals surface area contributed by atoms with Crippen molar-refractivity contribution in [2.24, 2.45) is 5.92 Å². The van der Waals surface area contributed by atoms with Gasteiger partial charge in [0, 0.05) is 30.9 Å². The molecule has 4 rings (SSSR count). The molecule has 30 heavy (non-hydrogen) atoms. The van der Waals surface area contributed by atoms with Crippen molar-refractivity contribution in [3.63, 3.8) is 0 Å². The van der Waals surface area contributed by atoms with Gasteiger partial charge >= 0.3 is 5.97 Å². The van der Waals surface area contributed by atoms with Gasteiger partial charge in [-0.3, -0.25) is 4.79 Å². The fourth-order valence-electron chi connectivity index (χ4n) is 4.96. The van der Waals surface area contributed by atoms with Crippen molar-refractivity contribution in [2.45, 2.75) is 50.6 Å². The zero-order chi connectivity index (χ0) is 21.6. The molecule has 1 aliphatic heterocycles. The lowest BCUT2D eigenvalue weighted by atomic mass is 10.1. The number of aryl methyl sites for hydroxylation is 1. The molecule has 1 aliphatic carbocycles. The van der Waals surface area contributed by atoms with E-state index in [0.29, 0.717) is 25.1 Å². The first kappa shape index (κ1) is 20.9. The van der Waals surface area contributed by atoms with E-state index in [-0.39, 0.29) is 23.4 Å². The molecule has 0 spiro atoms. The Balaban J connectivity index is 1.64. The number of sulfonamides is 1. The van der Waals surface area contributed by atoms with Crippen molar-refractivity contribution in [3.05, 3.63) is 59.2 Å². The molecule has 0 saturated carbocycles.